The Morgan fingerprint density at radius 1 is 1.47 bits per heavy atom. The topological polar surface area (TPSA) is 66.2 Å². The molecule has 1 heterocycles. The number of H-pyrrole nitrogens is 1. The standard InChI is InChI=1S/C15H20N4/c1-4-7-17-15(16)18-9-12-5-6-14-13(8-12)10(2)11(3)19-14/h4-6,8,19H,1,7,9H2,2-3H3,(H3,16,17,18). The van der Waals surface area contributed by atoms with Crippen molar-refractivity contribution >= 4 is 16.9 Å². The summed E-state index contributed by atoms with van der Waals surface area (Å²) < 4.78 is 0. The van der Waals surface area contributed by atoms with E-state index in [0.29, 0.717) is 19.0 Å². The van der Waals surface area contributed by atoms with Crippen LogP contribution in [0.25, 0.3) is 10.9 Å². The van der Waals surface area contributed by atoms with Crippen LogP contribution < -0.4 is 11.1 Å². The lowest BCUT2D eigenvalue weighted by Crippen LogP contribution is -2.31. The summed E-state index contributed by atoms with van der Waals surface area (Å²) in [6.45, 7) is 9.04. The van der Waals surface area contributed by atoms with Gasteiger partial charge in [0.05, 0.1) is 6.54 Å². The molecule has 19 heavy (non-hydrogen) atoms. The van der Waals surface area contributed by atoms with Crippen molar-refractivity contribution in [2.45, 2.75) is 20.4 Å². The molecule has 1 aromatic heterocycles. The van der Waals surface area contributed by atoms with E-state index in [1.807, 2.05) is 0 Å². The number of hydrogen-bond acceptors (Lipinski definition) is 1. The van der Waals surface area contributed by atoms with Gasteiger partial charge in [-0.1, -0.05) is 12.1 Å². The van der Waals surface area contributed by atoms with Gasteiger partial charge < -0.3 is 16.0 Å². The predicted molar refractivity (Wildman–Crippen MR) is 81.3 cm³/mol. The Morgan fingerprint density at radius 2 is 2.26 bits per heavy atom. The van der Waals surface area contributed by atoms with Gasteiger partial charge in [0.15, 0.2) is 5.96 Å². The molecule has 0 spiro atoms. The Labute approximate surface area is 113 Å². The van der Waals surface area contributed by atoms with Crippen molar-refractivity contribution < 1.29 is 0 Å². The summed E-state index contributed by atoms with van der Waals surface area (Å²) in [6.07, 6.45) is 1.75. The van der Waals surface area contributed by atoms with Crippen LogP contribution in [0.5, 0.6) is 0 Å². The summed E-state index contributed by atoms with van der Waals surface area (Å²) in [7, 11) is 0. The van der Waals surface area contributed by atoms with E-state index in [0.717, 1.165) is 5.56 Å². The minimum atomic E-state index is 0.446. The van der Waals surface area contributed by atoms with Crippen molar-refractivity contribution in [3.05, 3.63) is 47.7 Å². The van der Waals surface area contributed by atoms with Crippen LogP contribution in [0.1, 0.15) is 16.8 Å². The highest BCUT2D eigenvalue weighted by atomic mass is 15.1. The highest BCUT2D eigenvalue weighted by Crippen LogP contribution is 2.22. The van der Waals surface area contributed by atoms with Gasteiger partial charge >= 0.3 is 0 Å². The van der Waals surface area contributed by atoms with Crippen LogP contribution in [-0.2, 0) is 6.54 Å². The normalized spacial score (nSPS) is 11.8. The van der Waals surface area contributed by atoms with E-state index < -0.39 is 0 Å². The van der Waals surface area contributed by atoms with E-state index in [1.165, 1.54) is 22.2 Å². The zero-order valence-electron chi connectivity index (χ0n) is 11.5. The molecule has 2 rings (SSSR count). The molecule has 0 radical (unpaired) electrons. The third-order valence-electron chi connectivity index (χ3n) is 3.23. The first-order chi connectivity index (χ1) is 9.11. The summed E-state index contributed by atoms with van der Waals surface area (Å²) in [5, 5.41) is 4.21. The second kappa shape index (κ2) is 5.61. The number of aromatic amines is 1. The molecule has 0 amide bonds. The van der Waals surface area contributed by atoms with E-state index in [-0.39, 0.29) is 0 Å². The van der Waals surface area contributed by atoms with Gasteiger partial charge in [-0.3, -0.25) is 0 Å². The lowest BCUT2D eigenvalue weighted by atomic mass is 10.1. The molecule has 4 heteroatoms. The molecule has 4 nitrogen and oxygen atoms in total. The number of nitrogens with zero attached hydrogens (tertiary/aromatic N) is 1. The van der Waals surface area contributed by atoms with Gasteiger partial charge in [0.2, 0.25) is 0 Å². The first-order valence-corrected chi connectivity index (χ1v) is 6.34. The molecule has 100 valence electrons. The Morgan fingerprint density at radius 3 is 3.00 bits per heavy atom. The van der Waals surface area contributed by atoms with Crippen molar-refractivity contribution in [2.75, 3.05) is 6.54 Å². The number of guanidine groups is 1. The van der Waals surface area contributed by atoms with Gasteiger partial charge in [0.1, 0.15) is 0 Å². The molecule has 0 saturated carbocycles. The number of benzene rings is 1. The van der Waals surface area contributed by atoms with E-state index in [1.54, 1.807) is 6.08 Å². The molecule has 0 bridgehead atoms. The molecule has 0 aliphatic heterocycles. The molecule has 0 aliphatic carbocycles. The second-order valence-corrected chi connectivity index (χ2v) is 4.63. The van der Waals surface area contributed by atoms with Crippen LogP contribution in [0, 0.1) is 13.8 Å². The van der Waals surface area contributed by atoms with E-state index in [9.17, 15) is 0 Å². The minimum Gasteiger partial charge on any atom is -0.370 e. The average Bonchev–Trinajstić information content (AvgIpc) is 2.69. The highest BCUT2D eigenvalue weighted by Gasteiger charge is 2.04. The van der Waals surface area contributed by atoms with Crippen LogP contribution in [-0.4, -0.2) is 17.5 Å². The number of fused-ring (bicyclic) bond motifs is 1. The van der Waals surface area contributed by atoms with Gasteiger partial charge in [-0.25, -0.2) is 4.99 Å². The van der Waals surface area contributed by atoms with E-state index in [4.69, 9.17) is 5.73 Å². The average molecular weight is 256 g/mol. The number of aromatic nitrogens is 1. The lowest BCUT2D eigenvalue weighted by molar-refractivity contribution is 0.971. The Balaban J connectivity index is 2.17. The first kappa shape index (κ1) is 13.2. The third-order valence-corrected chi connectivity index (χ3v) is 3.23. The first-order valence-electron chi connectivity index (χ1n) is 6.34. The summed E-state index contributed by atoms with van der Waals surface area (Å²) in [4.78, 5) is 7.66. The zero-order chi connectivity index (χ0) is 13.8. The second-order valence-electron chi connectivity index (χ2n) is 4.63. The maximum Gasteiger partial charge on any atom is 0.189 e. The fourth-order valence-electron chi connectivity index (χ4n) is 2.02. The van der Waals surface area contributed by atoms with Crippen molar-refractivity contribution in [2.24, 2.45) is 10.7 Å². The Kier molecular flexibility index (Phi) is 3.90. The van der Waals surface area contributed by atoms with Gasteiger partial charge in [0.25, 0.3) is 0 Å². The maximum atomic E-state index is 5.74. The van der Waals surface area contributed by atoms with Gasteiger partial charge in [-0.2, -0.15) is 0 Å². The van der Waals surface area contributed by atoms with Gasteiger partial charge in [-0.15, -0.1) is 6.58 Å². The number of aliphatic imine (C=N–C) groups is 1. The largest absolute Gasteiger partial charge is 0.370 e. The maximum absolute atomic E-state index is 5.74. The summed E-state index contributed by atoms with van der Waals surface area (Å²) in [6, 6.07) is 6.33. The molecular weight excluding hydrogens is 236 g/mol. The molecule has 2 aromatic rings. The fourth-order valence-corrected chi connectivity index (χ4v) is 2.02. The highest BCUT2D eigenvalue weighted by molar-refractivity contribution is 5.85. The van der Waals surface area contributed by atoms with Crippen LogP contribution in [0.15, 0.2) is 35.8 Å². The molecule has 0 saturated heterocycles. The zero-order valence-corrected chi connectivity index (χ0v) is 11.5. The monoisotopic (exact) mass is 256 g/mol. The van der Waals surface area contributed by atoms with Crippen LogP contribution in [0.2, 0.25) is 0 Å². The molecule has 0 aliphatic rings. The van der Waals surface area contributed by atoms with Crippen molar-refractivity contribution in [3.8, 4) is 0 Å². The van der Waals surface area contributed by atoms with Crippen LogP contribution in [0.3, 0.4) is 0 Å². The fraction of sp³-hybridized carbons (Fsp3) is 0.267. The molecule has 0 fully saturated rings. The van der Waals surface area contributed by atoms with Gasteiger partial charge in [0, 0.05) is 23.1 Å². The quantitative estimate of drug-likeness (QED) is 0.446. The van der Waals surface area contributed by atoms with Gasteiger partial charge in [-0.05, 0) is 37.1 Å². The van der Waals surface area contributed by atoms with Crippen LogP contribution >= 0.6 is 0 Å². The molecular formula is C15H20N4. The SMILES string of the molecule is C=CCNC(N)=NCc1ccc2[nH]c(C)c(C)c2c1. The van der Waals surface area contributed by atoms with Crippen molar-refractivity contribution in [3.63, 3.8) is 0 Å². The predicted octanol–water partition coefficient (Wildman–Crippen LogP) is 2.38. The number of nitrogens with two attached hydrogens (primary N) is 1. The third kappa shape index (κ3) is 2.96. The van der Waals surface area contributed by atoms with E-state index >= 15 is 0 Å². The molecule has 0 atom stereocenters. The number of hydrogen-bond donors (Lipinski definition) is 3. The smallest absolute Gasteiger partial charge is 0.189 e. The van der Waals surface area contributed by atoms with Crippen LogP contribution in [0.4, 0.5) is 0 Å². The molecule has 0 unspecified atom stereocenters. The summed E-state index contributed by atoms with van der Waals surface area (Å²) >= 11 is 0. The minimum absolute atomic E-state index is 0.446. The van der Waals surface area contributed by atoms with E-state index in [2.05, 4.69) is 53.9 Å². The molecule has 1 aromatic carbocycles. The summed E-state index contributed by atoms with van der Waals surface area (Å²) in [5.41, 5.74) is 10.6. The number of rotatable bonds is 4. The lowest BCUT2D eigenvalue weighted by Gasteiger charge is -2.03. The summed E-state index contributed by atoms with van der Waals surface area (Å²) in [5.74, 6) is 0.446. The Hall–Kier alpha value is -2.23. The number of aryl methyl sites for hydroxylation is 2. The molecule has 4 N–H and O–H groups in total. The van der Waals surface area contributed by atoms with Crippen molar-refractivity contribution in [1.29, 1.82) is 0 Å². The number of nitrogens with one attached hydrogen (secondary N) is 2. The van der Waals surface area contributed by atoms with Crippen molar-refractivity contribution in [1.82, 2.24) is 10.3 Å². The Bertz CT molecular complexity index is 622.